The van der Waals surface area contributed by atoms with Gasteiger partial charge in [-0.25, -0.2) is 0 Å². The van der Waals surface area contributed by atoms with Crippen molar-refractivity contribution in [1.82, 2.24) is 25.5 Å². The highest BCUT2D eigenvalue weighted by atomic mass is 32.1. The van der Waals surface area contributed by atoms with E-state index < -0.39 is 0 Å². The lowest BCUT2D eigenvalue weighted by Crippen LogP contribution is -2.59. The fourth-order valence-electron chi connectivity index (χ4n) is 7.38. The van der Waals surface area contributed by atoms with E-state index in [1.54, 1.807) is 17.5 Å². The Bertz CT molecular complexity index is 1560. The van der Waals surface area contributed by atoms with Crippen LogP contribution >= 0.6 is 11.3 Å². The molecule has 3 aliphatic heterocycles. The number of fused-ring (bicyclic) bond motifs is 4. The van der Waals surface area contributed by atoms with Crippen LogP contribution < -0.4 is 25.6 Å². The van der Waals surface area contributed by atoms with Gasteiger partial charge >= 0.3 is 6.01 Å². The summed E-state index contributed by atoms with van der Waals surface area (Å²) in [6, 6.07) is 7.92. The molecule has 0 radical (unpaired) electrons. The number of hydrogen-bond acceptors (Lipinski definition) is 11. The van der Waals surface area contributed by atoms with Crippen LogP contribution in [0.2, 0.25) is 0 Å². The maximum atomic E-state index is 10.4. The number of rotatable bonds is 6. The molecule has 11 nitrogen and oxygen atoms in total. The third kappa shape index (κ3) is 3.52. The molecule has 3 aromatic rings. The second-order valence-corrected chi connectivity index (χ2v) is 13.2. The summed E-state index contributed by atoms with van der Waals surface area (Å²) in [6.45, 7) is 3.47. The van der Waals surface area contributed by atoms with Gasteiger partial charge in [-0.15, -0.1) is 11.3 Å². The molecule has 0 aromatic carbocycles. The fourth-order valence-corrected chi connectivity index (χ4v) is 8.52. The number of ether oxygens (including phenoxy) is 1. The van der Waals surface area contributed by atoms with Gasteiger partial charge in [-0.05, 0) is 50.2 Å². The minimum atomic E-state index is -0.125. The van der Waals surface area contributed by atoms with Crippen LogP contribution in [0.1, 0.15) is 59.4 Å². The second kappa shape index (κ2) is 8.56. The summed E-state index contributed by atoms with van der Waals surface area (Å²) in [4.78, 5) is 15.4. The number of nitrogens with zero attached hydrogens (tertiary/aromatic N) is 7. The zero-order valence-electron chi connectivity index (χ0n) is 22.1. The first-order valence-electron chi connectivity index (χ1n) is 14.0. The highest BCUT2D eigenvalue weighted by Gasteiger charge is 2.52. The van der Waals surface area contributed by atoms with Crippen molar-refractivity contribution in [2.75, 3.05) is 48.3 Å². The fraction of sp³-hybridized carbons (Fsp3) is 0.536. The molecule has 2 atom stereocenters. The van der Waals surface area contributed by atoms with Crippen molar-refractivity contribution in [3.8, 4) is 18.1 Å². The molecule has 6 heterocycles. The molecule has 4 fully saturated rings. The molecule has 0 unspecified atom stereocenters. The van der Waals surface area contributed by atoms with Gasteiger partial charge in [0.15, 0.2) is 11.6 Å². The minimum absolute atomic E-state index is 0.0874. The summed E-state index contributed by atoms with van der Waals surface area (Å²) in [5, 5.41) is 31.8. The lowest BCUT2D eigenvalue weighted by atomic mass is 9.74. The van der Waals surface area contributed by atoms with Crippen LogP contribution in [0.4, 0.5) is 16.6 Å². The number of anilines is 3. The average Bonchev–Trinajstić information content (AvgIpc) is 3.29. The predicted octanol–water partition coefficient (Wildman–Crippen LogP) is 2.34. The topological polar surface area (TPSA) is 156 Å². The summed E-state index contributed by atoms with van der Waals surface area (Å²) < 4.78 is 6.32. The number of aryl methyl sites for hydroxylation is 1. The largest absolute Gasteiger partial charge is 0.462 e. The molecule has 5 aliphatic rings. The van der Waals surface area contributed by atoms with E-state index in [1.807, 2.05) is 6.07 Å². The van der Waals surface area contributed by atoms with E-state index in [1.165, 1.54) is 4.88 Å². The van der Waals surface area contributed by atoms with Crippen molar-refractivity contribution < 1.29 is 4.74 Å². The smallest absolute Gasteiger partial charge is 0.320 e. The SMILES string of the molecule is N#Cc1c(N2C[C@H]3CC[C@@H](C2)N3)nc(OCC2(c3ccn[nH]3)CC2)nc1N1CC2(CCc3sc(N)c(C#N)c32)C1. The van der Waals surface area contributed by atoms with Crippen LogP contribution in [0.5, 0.6) is 6.01 Å². The first-order valence-corrected chi connectivity index (χ1v) is 14.8. The highest BCUT2D eigenvalue weighted by molar-refractivity contribution is 7.16. The number of piperazine rings is 1. The molecule has 8 rings (SSSR count). The van der Waals surface area contributed by atoms with Gasteiger partial charge in [0, 0.05) is 65.9 Å². The third-order valence-electron chi connectivity index (χ3n) is 9.65. The average molecular weight is 555 g/mol. The first-order chi connectivity index (χ1) is 19.5. The van der Waals surface area contributed by atoms with Crippen LogP contribution in [0.25, 0.3) is 0 Å². The van der Waals surface area contributed by atoms with Crippen molar-refractivity contribution in [2.45, 2.75) is 61.4 Å². The van der Waals surface area contributed by atoms with E-state index in [9.17, 15) is 10.5 Å². The number of nitrogens with one attached hydrogen (secondary N) is 2. The second-order valence-electron chi connectivity index (χ2n) is 12.1. The number of H-pyrrole nitrogens is 1. The van der Waals surface area contributed by atoms with Gasteiger partial charge in [-0.2, -0.15) is 25.6 Å². The van der Waals surface area contributed by atoms with Crippen molar-refractivity contribution >= 4 is 28.0 Å². The molecule has 12 heteroatoms. The maximum absolute atomic E-state index is 10.4. The van der Waals surface area contributed by atoms with Gasteiger partial charge in [0.05, 0.1) is 5.56 Å². The molecule has 4 N–H and O–H groups in total. The number of aromatic amines is 1. The third-order valence-corrected chi connectivity index (χ3v) is 10.7. The number of thiophene rings is 1. The number of nitrogens with two attached hydrogens (primary N) is 1. The Morgan fingerprint density at radius 1 is 1.05 bits per heavy atom. The Morgan fingerprint density at radius 3 is 2.42 bits per heavy atom. The summed E-state index contributed by atoms with van der Waals surface area (Å²) in [6.07, 6.45) is 8.01. The van der Waals surface area contributed by atoms with Gasteiger partial charge in [-0.3, -0.25) is 5.10 Å². The van der Waals surface area contributed by atoms with Gasteiger partial charge in [-0.1, -0.05) is 0 Å². The van der Waals surface area contributed by atoms with Crippen LogP contribution in [0.15, 0.2) is 12.3 Å². The molecule has 2 bridgehead atoms. The number of aromatic nitrogens is 4. The normalized spacial score (nSPS) is 24.9. The highest BCUT2D eigenvalue weighted by Crippen LogP contribution is 2.53. The molecule has 1 saturated carbocycles. The maximum Gasteiger partial charge on any atom is 0.320 e. The molecule has 204 valence electrons. The number of hydrogen-bond donors (Lipinski definition) is 3. The summed E-state index contributed by atoms with van der Waals surface area (Å²) in [7, 11) is 0. The van der Waals surface area contributed by atoms with Gasteiger partial charge in [0.25, 0.3) is 0 Å². The monoisotopic (exact) mass is 554 g/mol. The molecular formula is C28H30N10OS. The molecule has 3 aromatic heterocycles. The van der Waals surface area contributed by atoms with Crippen molar-refractivity contribution in [2.24, 2.45) is 0 Å². The first kappa shape index (κ1) is 24.0. The Morgan fingerprint density at radius 2 is 1.77 bits per heavy atom. The zero-order chi connectivity index (χ0) is 27.1. The number of nitriles is 2. The van der Waals surface area contributed by atoms with E-state index in [0.717, 1.165) is 62.9 Å². The summed E-state index contributed by atoms with van der Waals surface area (Å²) >= 11 is 1.55. The standard InChI is InChI=1S/C28H30N10OS/c29-9-18-22-20(40-23(18)31)3-5-28(22)13-38(14-28)25-19(10-30)24(37-11-16-1-2-17(12-37)33-16)34-26(35-25)39-15-27(6-7-27)21-4-8-32-36-21/h4,8,16-17,33H,1-3,5-7,11-15,31H2,(H,32,36)/t16-,17+. The van der Waals surface area contributed by atoms with E-state index in [0.29, 0.717) is 65.6 Å². The van der Waals surface area contributed by atoms with Gasteiger partial charge < -0.3 is 25.6 Å². The Balaban J connectivity index is 1.13. The van der Waals surface area contributed by atoms with Crippen molar-refractivity contribution in [3.05, 3.63) is 39.5 Å². The van der Waals surface area contributed by atoms with Crippen molar-refractivity contribution in [1.29, 1.82) is 10.5 Å². The molecule has 40 heavy (non-hydrogen) atoms. The summed E-state index contributed by atoms with van der Waals surface area (Å²) in [5.74, 6) is 1.29. The summed E-state index contributed by atoms with van der Waals surface area (Å²) in [5.41, 5.74) is 9.31. The quantitative estimate of drug-likeness (QED) is 0.413. The van der Waals surface area contributed by atoms with Crippen LogP contribution in [0, 0.1) is 22.7 Å². The van der Waals surface area contributed by atoms with E-state index in [4.69, 9.17) is 20.4 Å². The predicted molar refractivity (Wildman–Crippen MR) is 150 cm³/mol. The Hall–Kier alpha value is -3.87. The molecular weight excluding hydrogens is 524 g/mol. The van der Waals surface area contributed by atoms with Crippen molar-refractivity contribution in [3.63, 3.8) is 0 Å². The molecule has 0 amide bonds. The Kier molecular flexibility index (Phi) is 5.13. The van der Waals surface area contributed by atoms with Gasteiger partial charge in [0.1, 0.15) is 29.3 Å². The van der Waals surface area contributed by atoms with Crippen LogP contribution in [0.3, 0.4) is 0 Å². The van der Waals surface area contributed by atoms with Gasteiger partial charge in [0.2, 0.25) is 0 Å². The lowest BCUT2D eigenvalue weighted by Gasteiger charge is -2.49. The van der Waals surface area contributed by atoms with E-state index in [2.05, 4.69) is 37.5 Å². The lowest BCUT2D eigenvalue weighted by molar-refractivity contribution is 0.253. The van der Waals surface area contributed by atoms with E-state index in [-0.39, 0.29) is 10.8 Å². The van der Waals surface area contributed by atoms with Crippen LogP contribution in [-0.2, 0) is 17.3 Å². The zero-order valence-corrected chi connectivity index (χ0v) is 22.9. The molecule has 2 aliphatic carbocycles. The molecule has 3 saturated heterocycles. The Labute approximate surface area is 236 Å². The molecule has 1 spiro atoms. The van der Waals surface area contributed by atoms with E-state index >= 15 is 0 Å². The van der Waals surface area contributed by atoms with Crippen LogP contribution in [-0.4, -0.2) is 65.0 Å². The minimum Gasteiger partial charge on any atom is -0.462 e. The number of nitrogen functional groups attached to an aromatic ring is 1.